The topological polar surface area (TPSA) is 74.0 Å². The van der Waals surface area contributed by atoms with Crippen molar-refractivity contribution in [2.75, 3.05) is 7.05 Å². The second-order valence-electron chi connectivity index (χ2n) is 8.32. The number of carbonyl (C=O) groups is 2. The fourth-order valence-corrected chi connectivity index (χ4v) is 3.80. The van der Waals surface area contributed by atoms with E-state index in [1.807, 2.05) is 12.1 Å². The highest BCUT2D eigenvalue weighted by atomic mass is 19.4. The molecule has 33 heavy (non-hydrogen) atoms. The number of carbonyl (C=O) groups excluding carboxylic acids is 2. The van der Waals surface area contributed by atoms with Crippen LogP contribution in [-0.2, 0) is 17.5 Å². The number of H-pyrrole nitrogens is 1. The predicted octanol–water partition coefficient (Wildman–Crippen LogP) is 5.14. The number of hydrogen-bond donors (Lipinski definition) is 3. The minimum atomic E-state index is -4.43. The van der Waals surface area contributed by atoms with E-state index in [2.05, 4.69) is 15.6 Å². The van der Waals surface area contributed by atoms with Crippen molar-refractivity contribution in [1.82, 2.24) is 15.6 Å². The molecule has 0 saturated heterocycles. The second-order valence-corrected chi connectivity index (χ2v) is 8.32. The van der Waals surface area contributed by atoms with Crippen LogP contribution in [0.2, 0.25) is 0 Å². The Morgan fingerprint density at radius 2 is 1.91 bits per heavy atom. The van der Waals surface area contributed by atoms with E-state index in [-0.39, 0.29) is 18.4 Å². The Kier molecular flexibility index (Phi) is 6.01. The summed E-state index contributed by atoms with van der Waals surface area (Å²) in [6.07, 6.45) is -0.475. The number of amides is 2. The van der Waals surface area contributed by atoms with Crippen LogP contribution in [0.3, 0.4) is 0 Å². The number of halogens is 3. The quantitative estimate of drug-likeness (QED) is 0.450. The molecule has 0 atom stereocenters. The van der Waals surface area contributed by atoms with Crippen LogP contribution < -0.4 is 10.6 Å². The Balaban J connectivity index is 1.57. The van der Waals surface area contributed by atoms with Crippen molar-refractivity contribution in [3.63, 3.8) is 0 Å². The first-order valence-electron chi connectivity index (χ1n) is 10.7. The molecule has 0 spiro atoms. The standard InChI is InChI=1S/C25H24F3N3O2/c1-14(23(32)30-13-15-4-3-5-19(9-15)25(26,27)28)8-18-10-17(16-6-7-16)11-21-20(18)12-22(31-21)24(33)29-2/h3-5,8-12,16,31H,6-7,13H2,1-2H3,(H,29,33)(H,30,32)/b14-8+. The number of rotatable bonds is 6. The Morgan fingerprint density at radius 1 is 1.15 bits per heavy atom. The molecule has 1 heterocycles. The average Bonchev–Trinajstić information content (AvgIpc) is 3.55. The van der Waals surface area contributed by atoms with Crippen LogP contribution in [0.25, 0.3) is 17.0 Å². The van der Waals surface area contributed by atoms with Crippen LogP contribution >= 0.6 is 0 Å². The number of alkyl halides is 3. The third-order valence-electron chi connectivity index (χ3n) is 5.75. The molecule has 2 aromatic carbocycles. The van der Waals surface area contributed by atoms with Gasteiger partial charge in [-0.05, 0) is 72.7 Å². The molecule has 1 aromatic heterocycles. The third kappa shape index (κ3) is 5.10. The molecular formula is C25H24F3N3O2. The van der Waals surface area contributed by atoms with Crippen LogP contribution in [0.5, 0.6) is 0 Å². The first-order chi connectivity index (χ1) is 15.7. The highest BCUT2D eigenvalue weighted by molar-refractivity contribution is 6.03. The van der Waals surface area contributed by atoms with Gasteiger partial charge in [0.05, 0.1) is 5.56 Å². The minimum absolute atomic E-state index is 0.0174. The average molecular weight is 455 g/mol. The summed E-state index contributed by atoms with van der Waals surface area (Å²) in [6.45, 7) is 1.64. The summed E-state index contributed by atoms with van der Waals surface area (Å²) in [5.41, 5.74) is 3.25. The number of aromatic nitrogens is 1. The molecule has 0 aliphatic heterocycles. The van der Waals surface area contributed by atoms with Crippen molar-refractivity contribution in [1.29, 1.82) is 0 Å². The summed E-state index contributed by atoms with van der Waals surface area (Å²) in [5, 5.41) is 6.10. The van der Waals surface area contributed by atoms with Crippen molar-refractivity contribution < 1.29 is 22.8 Å². The van der Waals surface area contributed by atoms with Gasteiger partial charge < -0.3 is 15.6 Å². The van der Waals surface area contributed by atoms with Gasteiger partial charge in [-0.25, -0.2) is 0 Å². The summed E-state index contributed by atoms with van der Waals surface area (Å²) < 4.78 is 38.7. The smallest absolute Gasteiger partial charge is 0.354 e. The number of fused-ring (bicyclic) bond motifs is 1. The maximum Gasteiger partial charge on any atom is 0.416 e. The molecular weight excluding hydrogens is 431 g/mol. The normalized spacial score (nSPS) is 14.4. The molecule has 172 valence electrons. The number of benzene rings is 2. The molecule has 1 aliphatic carbocycles. The van der Waals surface area contributed by atoms with Crippen LogP contribution in [-0.4, -0.2) is 23.8 Å². The SMILES string of the molecule is CNC(=O)c1cc2c(/C=C(\C)C(=O)NCc3cccc(C(F)(F)F)c3)cc(C3CC3)cc2[nH]1. The lowest BCUT2D eigenvalue weighted by molar-refractivity contribution is -0.137. The number of aromatic amines is 1. The fourth-order valence-electron chi connectivity index (χ4n) is 3.80. The Hall–Kier alpha value is -3.55. The van der Waals surface area contributed by atoms with E-state index in [4.69, 9.17) is 0 Å². The van der Waals surface area contributed by atoms with Gasteiger partial charge in [0.2, 0.25) is 5.91 Å². The highest BCUT2D eigenvalue weighted by Gasteiger charge is 2.30. The molecule has 5 nitrogen and oxygen atoms in total. The van der Waals surface area contributed by atoms with Gasteiger partial charge in [-0.1, -0.05) is 18.2 Å². The largest absolute Gasteiger partial charge is 0.416 e. The van der Waals surface area contributed by atoms with Crippen LogP contribution in [0.1, 0.15) is 58.4 Å². The lowest BCUT2D eigenvalue weighted by Gasteiger charge is -2.10. The van der Waals surface area contributed by atoms with Gasteiger partial charge >= 0.3 is 6.18 Å². The highest BCUT2D eigenvalue weighted by Crippen LogP contribution is 2.42. The molecule has 0 radical (unpaired) electrons. The zero-order valence-corrected chi connectivity index (χ0v) is 18.3. The first-order valence-corrected chi connectivity index (χ1v) is 10.7. The number of nitrogens with one attached hydrogen (secondary N) is 3. The summed E-state index contributed by atoms with van der Waals surface area (Å²) >= 11 is 0. The molecule has 3 N–H and O–H groups in total. The monoisotopic (exact) mass is 455 g/mol. The van der Waals surface area contributed by atoms with Gasteiger partial charge in [0.15, 0.2) is 0 Å². The summed E-state index contributed by atoms with van der Waals surface area (Å²) in [4.78, 5) is 27.9. The summed E-state index contributed by atoms with van der Waals surface area (Å²) in [6, 6.07) is 10.7. The Morgan fingerprint density at radius 3 is 2.58 bits per heavy atom. The maximum atomic E-state index is 12.9. The Bertz CT molecular complexity index is 1250. The van der Waals surface area contributed by atoms with Crippen molar-refractivity contribution >= 4 is 28.8 Å². The third-order valence-corrected chi connectivity index (χ3v) is 5.75. The molecule has 8 heteroatoms. The van der Waals surface area contributed by atoms with Gasteiger partial charge in [0.25, 0.3) is 5.91 Å². The minimum Gasteiger partial charge on any atom is -0.354 e. The van der Waals surface area contributed by atoms with E-state index < -0.39 is 11.7 Å². The van der Waals surface area contributed by atoms with Gasteiger partial charge in [-0.2, -0.15) is 13.2 Å². The van der Waals surface area contributed by atoms with E-state index in [0.717, 1.165) is 47.0 Å². The second kappa shape index (κ2) is 8.77. The van der Waals surface area contributed by atoms with Gasteiger partial charge in [0, 0.05) is 30.1 Å². The van der Waals surface area contributed by atoms with Gasteiger partial charge in [-0.3, -0.25) is 9.59 Å². The fraction of sp³-hybridized carbons (Fsp3) is 0.280. The van der Waals surface area contributed by atoms with E-state index in [1.54, 1.807) is 26.1 Å². The zero-order valence-electron chi connectivity index (χ0n) is 18.3. The van der Waals surface area contributed by atoms with E-state index in [0.29, 0.717) is 22.7 Å². The van der Waals surface area contributed by atoms with Gasteiger partial charge in [0.1, 0.15) is 5.69 Å². The molecule has 1 aliphatic rings. The number of hydrogen-bond acceptors (Lipinski definition) is 2. The molecule has 0 unspecified atom stereocenters. The van der Waals surface area contributed by atoms with Crippen molar-refractivity contribution in [2.45, 2.75) is 38.4 Å². The molecule has 4 rings (SSSR count). The lowest BCUT2D eigenvalue weighted by atomic mass is 10.0. The molecule has 2 amide bonds. The predicted molar refractivity (Wildman–Crippen MR) is 121 cm³/mol. The van der Waals surface area contributed by atoms with Crippen LogP contribution in [0, 0.1) is 0 Å². The molecule has 1 saturated carbocycles. The lowest BCUT2D eigenvalue weighted by Crippen LogP contribution is -2.23. The maximum absolute atomic E-state index is 12.9. The van der Waals surface area contributed by atoms with Crippen LogP contribution in [0.15, 0.2) is 48.0 Å². The van der Waals surface area contributed by atoms with E-state index >= 15 is 0 Å². The first kappa shape index (κ1) is 22.6. The van der Waals surface area contributed by atoms with Crippen molar-refractivity contribution in [2.24, 2.45) is 0 Å². The molecule has 1 fully saturated rings. The summed E-state index contributed by atoms with van der Waals surface area (Å²) in [7, 11) is 1.56. The van der Waals surface area contributed by atoms with Crippen LogP contribution in [0.4, 0.5) is 13.2 Å². The van der Waals surface area contributed by atoms with Crippen molar-refractivity contribution in [3.8, 4) is 0 Å². The van der Waals surface area contributed by atoms with E-state index in [1.165, 1.54) is 12.1 Å². The molecule has 0 bridgehead atoms. The zero-order chi connectivity index (χ0) is 23.8. The van der Waals surface area contributed by atoms with Gasteiger partial charge in [-0.15, -0.1) is 0 Å². The van der Waals surface area contributed by atoms with E-state index in [9.17, 15) is 22.8 Å². The molecule has 3 aromatic rings. The Labute approximate surface area is 189 Å². The summed E-state index contributed by atoms with van der Waals surface area (Å²) in [5.74, 6) is -0.132. The van der Waals surface area contributed by atoms with Crippen molar-refractivity contribution in [3.05, 3.63) is 76.0 Å².